The molecule has 104 valence electrons. The van der Waals surface area contributed by atoms with Crippen LogP contribution < -0.4 is 5.56 Å². The second kappa shape index (κ2) is 5.42. The molecule has 7 heteroatoms. The lowest BCUT2D eigenvalue weighted by Gasteiger charge is -2.03. The Morgan fingerprint density at radius 3 is 3.00 bits per heavy atom. The molecule has 3 aromatic rings. The number of benzene rings is 1. The van der Waals surface area contributed by atoms with Crippen LogP contribution in [-0.4, -0.2) is 19.5 Å². The number of nitrogens with one attached hydrogen (secondary N) is 1. The molecule has 0 bridgehead atoms. The van der Waals surface area contributed by atoms with E-state index in [1.165, 1.54) is 18.1 Å². The topological polar surface area (TPSA) is 87.4 Å². The molecule has 0 aliphatic rings. The van der Waals surface area contributed by atoms with Crippen molar-refractivity contribution in [2.75, 3.05) is 0 Å². The van der Waals surface area contributed by atoms with Gasteiger partial charge >= 0.3 is 0 Å². The van der Waals surface area contributed by atoms with Crippen molar-refractivity contribution in [3.8, 4) is 6.07 Å². The number of hydrogen-bond acceptors (Lipinski definition) is 5. The van der Waals surface area contributed by atoms with Gasteiger partial charge in [0.15, 0.2) is 16.3 Å². The van der Waals surface area contributed by atoms with E-state index in [1.807, 2.05) is 25.2 Å². The highest BCUT2D eigenvalue weighted by Gasteiger charge is 2.12. The average Bonchev–Trinajstić information content (AvgIpc) is 2.84. The van der Waals surface area contributed by atoms with E-state index in [2.05, 4.69) is 21.0 Å². The fraction of sp³-hybridized carbons (Fsp3) is 0.143. The van der Waals surface area contributed by atoms with Gasteiger partial charge in [0, 0.05) is 12.8 Å². The van der Waals surface area contributed by atoms with Crippen LogP contribution in [0.5, 0.6) is 0 Å². The van der Waals surface area contributed by atoms with Crippen LogP contribution >= 0.6 is 11.8 Å². The number of H-pyrrole nitrogens is 1. The van der Waals surface area contributed by atoms with Crippen LogP contribution in [0, 0.1) is 11.3 Å². The van der Waals surface area contributed by atoms with Crippen molar-refractivity contribution in [2.45, 2.75) is 10.9 Å². The fourth-order valence-corrected chi connectivity index (χ4v) is 2.99. The molecule has 0 fully saturated rings. The summed E-state index contributed by atoms with van der Waals surface area (Å²) in [5.74, 6) is 0.610. The lowest BCUT2D eigenvalue weighted by atomic mass is 10.1. The summed E-state index contributed by atoms with van der Waals surface area (Å²) < 4.78 is 1.78. The van der Waals surface area contributed by atoms with Gasteiger partial charge in [-0.05, 0) is 11.6 Å². The molecule has 2 aromatic heterocycles. The lowest BCUT2D eigenvalue weighted by molar-refractivity contribution is 0.805. The van der Waals surface area contributed by atoms with Crippen LogP contribution in [0.4, 0.5) is 0 Å². The van der Waals surface area contributed by atoms with Gasteiger partial charge in [-0.1, -0.05) is 30.0 Å². The zero-order chi connectivity index (χ0) is 14.8. The van der Waals surface area contributed by atoms with E-state index in [0.717, 1.165) is 5.56 Å². The predicted molar refractivity (Wildman–Crippen MR) is 79.8 cm³/mol. The number of nitriles is 1. The third-order valence-electron chi connectivity index (χ3n) is 3.12. The van der Waals surface area contributed by atoms with Crippen LogP contribution in [0.1, 0.15) is 11.1 Å². The fourth-order valence-electron chi connectivity index (χ4n) is 2.02. The molecule has 0 saturated heterocycles. The van der Waals surface area contributed by atoms with Gasteiger partial charge in [0.05, 0.1) is 18.0 Å². The van der Waals surface area contributed by atoms with E-state index in [4.69, 9.17) is 5.26 Å². The zero-order valence-corrected chi connectivity index (χ0v) is 12.0. The number of rotatable bonds is 3. The molecule has 21 heavy (non-hydrogen) atoms. The van der Waals surface area contributed by atoms with E-state index in [9.17, 15) is 4.79 Å². The molecule has 0 spiro atoms. The second-order valence-electron chi connectivity index (χ2n) is 4.41. The first-order valence-corrected chi connectivity index (χ1v) is 7.20. The van der Waals surface area contributed by atoms with Crippen LogP contribution in [0.25, 0.3) is 11.2 Å². The van der Waals surface area contributed by atoms with E-state index in [0.29, 0.717) is 27.6 Å². The quantitative estimate of drug-likeness (QED) is 0.745. The third kappa shape index (κ3) is 2.41. The summed E-state index contributed by atoms with van der Waals surface area (Å²) in [7, 11) is 1.82. The standard InChI is InChI=1S/C14H11N5OS/c1-19-12-11(13(20)17-8-16-12)18-14(19)21-7-10-5-3-2-4-9(10)6-15/h2-5,8H,7H2,1H3,(H,16,17,20). The summed E-state index contributed by atoms with van der Waals surface area (Å²) in [5, 5.41) is 9.78. The van der Waals surface area contributed by atoms with Gasteiger partial charge in [-0.3, -0.25) is 4.79 Å². The first kappa shape index (κ1) is 13.4. The number of hydrogen-bond donors (Lipinski definition) is 1. The van der Waals surface area contributed by atoms with Crippen LogP contribution in [0.2, 0.25) is 0 Å². The Balaban J connectivity index is 1.93. The van der Waals surface area contributed by atoms with Gasteiger partial charge in [-0.2, -0.15) is 5.26 Å². The molecule has 0 unspecified atom stereocenters. The maximum absolute atomic E-state index is 11.7. The predicted octanol–water partition coefficient (Wildman–Crippen LogP) is 1.82. The van der Waals surface area contributed by atoms with Crippen molar-refractivity contribution in [3.63, 3.8) is 0 Å². The molecule has 2 heterocycles. The Labute approximate surface area is 124 Å². The van der Waals surface area contributed by atoms with E-state index in [-0.39, 0.29) is 5.56 Å². The van der Waals surface area contributed by atoms with Crippen molar-refractivity contribution >= 4 is 22.9 Å². The maximum atomic E-state index is 11.7. The van der Waals surface area contributed by atoms with E-state index < -0.39 is 0 Å². The number of thioether (sulfide) groups is 1. The molecular weight excluding hydrogens is 286 g/mol. The van der Waals surface area contributed by atoms with Crippen LogP contribution in [0.15, 0.2) is 40.5 Å². The monoisotopic (exact) mass is 297 g/mol. The number of imidazole rings is 1. The summed E-state index contributed by atoms with van der Waals surface area (Å²) in [6, 6.07) is 9.62. The first-order valence-electron chi connectivity index (χ1n) is 6.21. The number of aromatic amines is 1. The molecule has 1 N–H and O–H groups in total. The smallest absolute Gasteiger partial charge is 0.278 e. The molecule has 6 nitrogen and oxygen atoms in total. The summed E-state index contributed by atoms with van der Waals surface area (Å²) >= 11 is 1.47. The summed E-state index contributed by atoms with van der Waals surface area (Å²) in [4.78, 5) is 22.7. The third-order valence-corrected chi connectivity index (χ3v) is 4.19. The SMILES string of the molecule is Cn1c(SCc2ccccc2C#N)nc2c(=O)[nH]cnc21. The maximum Gasteiger partial charge on any atom is 0.278 e. The Morgan fingerprint density at radius 1 is 1.43 bits per heavy atom. The highest BCUT2D eigenvalue weighted by Crippen LogP contribution is 2.24. The minimum absolute atomic E-state index is 0.250. The Bertz CT molecular complexity index is 906. The van der Waals surface area contributed by atoms with Crippen LogP contribution in [0.3, 0.4) is 0 Å². The molecule has 1 aromatic carbocycles. The van der Waals surface area contributed by atoms with E-state index in [1.54, 1.807) is 10.6 Å². The van der Waals surface area contributed by atoms with Gasteiger partial charge in [0.2, 0.25) is 0 Å². The minimum atomic E-state index is -0.250. The Kier molecular flexibility index (Phi) is 3.46. The number of nitrogens with zero attached hydrogens (tertiary/aromatic N) is 4. The average molecular weight is 297 g/mol. The van der Waals surface area contributed by atoms with Crippen molar-refractivity contribution in [2.24, 2.45) is 7.05 Å². The Morgan fingerprint density at radius 2 is 2.24 bits per heavy atom. The van der Waals surface area contributed by atoms with Gasteiger partial charge in [0.1, 0.15) is 0 Å². The summed E-state index contributed by atoms with van der Waals surface area (Å²) in [5.41, 5.74) is 2.23. The van der Waals surface area contributed by atoms with Crippen molar-refractivity contribution in [1.82, 2.24) is 19.5 Å². The van der Waals surface area contributed by atoms with Crippen molar-refractivity contribution < 1.29 is 0 Å². The van der Waals surface area contributed by atoms with Crippen molar-refractivity contribution in [1.29, 1.82) is 5.26 Å². The normalized spacial score (nSPS) is 10.7. The molecule has 3 rings (SSSR count). The summed E-state index contributed by atoms with van der Waals surface area (Å²) in [6.45, 7) is 0. The largest absolute Gasteiger partial charge is 0.311 e. The zero-order valence-electron chi connectivity index (χ0n) is 11.2. The van der Waals surface area contributed by atoms with Gasteiger partial charge in [-0.25, -0.2) is 9.97 Å². The molecule has 0 atom stereocenters. The number of aryl methyl sites for hydroxylation is 1. The van der Waals surface area contributed by atoms with Crippen molar-refractivity contribution in [3.05, 3.63) is 52.1 Å². The highest BCUT2D eigenvalue weighted by molar-refractivity contribution is 7.98. The molecule has 0 saturated carbocycles. The number of fused-ring (bicyclic) bond motifs is 1. The Hall–Kier alpha value is -2.59. The second-order valence-corrected chi connectivity index (χ2v) is 5.36. The minimum Gasteiger partial charge on any atom is -0.311 e. The van der Waals surface area contributed by atoms with Gasteiger partial charge in [-0.15, -0.1) is 0 Å². The molecular formula is C14H11N5OS. The molecule has 0 amide bonds. The lowest BCUT2D eigenvalue weighted by Crippen LogP contribution is -2.06. The van der Waals surface area contributed by atoms with Crippen LogP contribution in [-0.2, 0) is 12.8 Å². The first-order chi connectivity index (χ1) is 10.2. The number of aromatic nitrogens is 4. The highest BCUT2D eigenvalue weighted by atomic mass is 32.2. The van der Waals surface area contributed by atoms with Gasteiger partial charge < -0.3 is 9.55 Å². The molecule has 0 radical (unpaired) electrons. The van der Waals surface area contributed by atoms with Gasteiger partial charge in [0.25, 0.3) is 5.56 Å². The molecule has 0 aliphatic carbocycles. The van der Waals surface area contributed by atoms with E-state index >= 15 is 0 Å². The molecule has 0 aliphatic heterocycles. The summed E-state index contributed by atoms with van der Waals surface area (Å²) in [6.07, 6.45) is 1.37.